The van der Waals surface area contributed by atoms with Crippen LogP contribution < -0.4 is 5.32 Å². The van der Waals surface area contributed by atoms with Crippen LogP contribution in [0.3, 0.4) is 0 Å². The van der Waals surface area contributed by atoms with E-state index in [4.69, 9.17) is 5.26 Å². The molecule has 1 aromatic heterocycles. The van der Waals surface area contributed by atoms with Crippen LogP contribution in [0, 0.1) is 24.1 Å². The Balaban J connectivity index is 2.10. The van der Waals surface area contributed by atoms with Crippen molar-refractivity contribution in [2.45, 2.75) is 19.9 Å². The number of nitrogens with zero attached hydrogens (tertiary/aromatic N) is 2. The van der Waals surface area contributed by atoms with Crippen molar-refractivity contribution in [3.8, 4) is 6.07 Å². The number of hydrogen-bond acceptors (Lipinski definition) is 3. The van der Waals surface area contributed by atoms with E-state index in [1.807, 2.05) is 6.07 Å². The van der Waals surface area contributed by atoms with Crippen LogP contribution in [0.1, 0.15) is 40.1 Å². The summed E-state index contributed by atoms with van der Waals surface area (Å²) in [6, 6.07) is 9.46. The van der Waals surface area contributed by atoms with Gasteiger partial charge in [0.2, 0.25) is 0 Å². The van der Waals surface area contributed by atoms with Gasteiger partial charge in [0.1, 0.15) is 17.6 Å². The SMILES string of the molecule is Cc1ccc(C(C)NC(=O)c2ccc(C#N)cn2)cc1F. The van der Waals surface area contributed by atoms with E-state index in [0.717, 1.165) is 0 Å². The Morgan fingerprint density at radius 3 is 2.71 bits per heavy atom. The van der Waals surface area contributed by atoms with Crippen LogP contribution in [-0.4, -0.2) is 10.9 Å². The third kappa shape index (κ3) is 3.42. The van der Waals surface area contributed by atoms with Crippen molar-refractivity contribution in [3.63, 3.8) is 0 Å². The second-order valence-corrected chi connectivity index (χ2v) is 4.75. The maximum Gasteiger partial charge on any atom is 0.270 e. The number of nitriles is 1. The van der Waals surface area contributed by atoms with Crippen LogP contribution in [0.25, 0.3) is 0 Å². The fourth-order valence-electron chi connectivity index (χ4n) is 1.83. The Labute approximate surface area is 122 Å². The van der Waals surface area contributed by atoms with Crippen molar-refractivity contribution in [1.29, 1.82) is 5.26 Å². The van der Waals surface area contributed by atoms with Gasteiger partial charge in [-0.3, -0.25) is 4.79 Å². The second kappa shape index (κ2) is 6.14. The zero-order valence-electron chi connectivity index (χ0n) is 11.7. The minimum atomic E-state index is -0.368. The number of benzene rings is 1. The van der Waals surface area contributed by atoms with E-state index >= 15 is 0 Å². The van der Waals surface area contributed by atoms with Gasteiger partial charge in [0.15, 0.2) is 0 Å². The lowest BCUT2D eigenvalue weighted by molar-refractivity contribution is 0.0935. The predicted molar refractivity (Wildman–Crippen MR) is 76.0 cm³/mol. The molecule has 2 aromatic rings. The number of carbonyl (C=O) groups excluding carboxylic acids is 1. The predicted octanol–water partition coefficient (Wildman–Crippen LogP) is 2.89. The van der Waals surface area contributed by atoms with Crippen LogP contribution in [0.2, 0.25) is 0 Å². The number of carbonyl (C=O) groups is 1. The smallest absolute Gasteiger partial charge is 0.270 e. The molecule has 0 spiro atoms. The Kier molecular flexibility index (Phi) is 4.29. The molecule has 0 radical (unpaired) electrons. The fraction of sp³-hybridized carbons (Fsp3) is 0.188. The van der Waals surface area contributed by atoms with Gasteiger partial charge in [0.05, 0.1) is 11.6 Å². The Hall–Kier alpha value is -2.74. The van der Waals surface area contributed by atoms with Crippen molar-refractivity contribution in [2.24, 2.45) is 0 Å². The van der Waals surface area contributed by atoms with Gasteiger partial charge in [-0.15, -0.1) is 0 Å². The van der Waals surface area contributed by atoms with Gasteiger partial charge in [-0.2, -0.15) is 5.26 Å². The summed E-state index contributed by atoms with van der Waals surface area (Å²) in [6.07, 6.45) is 1.34. The first-order valence-corrected chi connectivity index (χ1v) is 6.44. The Bertz CT molecular complexity index is 704. The number of halogens is 1. The summed E-state index contributed by atoms with van der Waals surface area (Å²) in [5, 5.41) is 11.4. The highest BCUT2D eigenvalue weighted by Crippen LogP contribution is 2.16. The van der Waals surface area contributed by atoms with Crippen LogP contribution in [-0.2, 0) is 0 Å². The molecule has 1 heterocycles. The molecule has 0 aliphatic heterocycles. The van der Waals surface area contributed by atoms with E-state index in [1.54, 1.807) is 26.0 Å². The summed E-state index contributed by atoms with van der Waals surface area (Å²) >= 11 is 0. The molecular formula is C16H14FN3O. The molecule has 1 aromatic carbocycles. The summed E-state index contributed by atoms with van der Waals surface area (Å²) in [7, 11) is 0. The highest BCUT2D eigenvalue weighted by atomic mass is 19.1. The van der Waals surface area contributed by atoms with Crippen LogP contribution >= 0.6 is 0 Å². The lowest BCUT2D eigenvalue weighted by Crippen LogP contribution is -2.27. The molecule has 1 N–H and O–H groups in total. The lowest BCUT2D eigenvalue weighted by Gasteiger charge is -2.14. The normalized spacial score (nSPS) is 11.5. The molecule has 0 saturated carbocycles. The summed E-state index contributed by atoms with van der Waals surface area (Å²) in [4.78, 5) is 15.9. The van der Waals surface area contributed by atoms with Crippen molar-refractivity contribution in [3.05, 3.63) is 64.7 Å². The molecule has 4 nitrogen and oxygen atoms in total. The molecule has 106 valence electrons. The van der Waals surface area contributed by atoms with Gasteiger partial charge < -0.3 is 5.32 Å². The average Bonchev–Trinajstić information content (AvgIpc) is 2.50. The standard InChI is InChI=1S/C16H14FN3O/c1-10-3-5-13(7-14(10)17)11(2)20-16(21)15-6-4-12(8-18)9-19-15/h3-7,9,11H,1-2H3,(H,20,21). The van der Waals surface area contributed by atoms with Crippen molar-refractivity contribution in [1.82, 2.24) is 10.3 Å². The molecule has 0 aliphatic carbocycles. The second-order valence-electron chi connectivity index (χ2n) is 4.75. The summed E-state index contributed by atoms with van der Waals surface area (Å²) < 4.78 is 13.5. The molecule has 0 fully saturated rings. The van der Waals surface area contributed by atoms with Crippen molar-refractivity contribution < 1.29 is 9.18 Å². The zero-order chi connectivity index (χ0) is 15.4. The molecule has 0 aliphatic rings. The molecule has 5 heteroatoms. The minimum Gasteiger partial charge on any atom is -0.344 e. The molecule has 1 amide bonds. The third-order valence-corrected chi connectivity index (χ3v) is 3.17. The molecule has 1 unspecified atom stereocenters. The number of amides is 1. The highest BCUT2D eigenvalue weighted by Gasteiger charge is 2.13. The van der Waals surface area contributed by atoms with E-state index in [9.17, 15) is 9.18 Å². The lowest BCUT2D eigenvalue weighted by atomic mass is 10.1. The average molecular weight is 283 g/mol. The highest BCUT2D eigenvalue weighted by molar-refractivity contribution is 5.92. The zero-order valence-corrected chi connectivity index (χ0v) is 11.7. The Morgan fingerprint density at radius 1 is 1.38 bits per heavy atom. The quantitative estimate of drug-likeness (QED) is 0.941. The van der Waals surface area contributed by atoms with Gasteiger partial charge in [0.25, 0.3) is 5.91 Å². The van der Waals surface area contributed by atoms with Crippen LogP contribution in [0.5, 0.6) is 0 Å². The first-order valence-electron chi connectivity index (χ1n) is 6.44. The van der Waals surface area contributed by atoms with Gasteiger partial charge in [0, 0.05) is 6.20 Å². The summed E-state index contributed by atoms with van der Waals surface area (Å²) in [6.45, 7) is 3.45. The topological polar surface area (TPSA) is 65.8 Å². The maximum absolute atomic E-state index is 13.5. The largest absolute Gasteiger partial charge is 0.344 e. The van der Waals surface area contributed by atoms with Crippen LogP contribution in [0.15, 0.2) is 36.5 Å². The molecule has 21 heavy (non-hydrogen) atoms. The van der Waals surface area contributed by atoms with E-state index in [2.05, 4.69) is 10.3 Å². The number of aryl methyl sites for hydroxylation is 1. The van der Waals surface area contributed by atoms with Crippen LogP contribution in [0.4, 0.5) is 4.39 Å². The van der Waals surface area contributed by atoms with Gasteiger partial charge in [-0.25, -0.2) is 9.37 Å². The monoisotopic (exact) mass is 283 g/mol. The Morgan fingerprint density at radius 2 is 2.14 bits per heavy atom. The first kappa shape index (κ1) is 14.7. The number of hydrogen-bond donors (Lipinski definition) is 1. The third-order valence-electron chi connectivity index (χ3n) is 3.17. The summed E-state index contributed by atoms with van der Waals surface area (Å²) in [5.74, 6) is -0.668. The van der Waals surface area contributed by atoms with Gasteiger partial charge >= 0.3 is 0 Å². The molecule has 0 saturated heterocycles. The number of nitrogens with one attached hydrogen (secondary N) is 1. The number of aromatic nitrogens is 1. The van der Waals surface area contributed by atoms with Gasteiger partial charge in [-0.05, 0) is 43.2 Å². The van der Waals surface area contributed by atoms with Gasteiger partial charge in [-0.1, -0.05) is 12.1 Å². The maximum atomic E-state index is 13.5. The molecule has 2 rings (SSSR count). The van der Waals surface area contributed by atoms with Crippen molar-refractivity contribution in [2.75, 3.05) is 0 Å². The molecular weight excluding hydrogens is 269 g/mol. The van der Waals surface area contributed by atoms with E-state index < -0.39 is 0 Å². The first-order chi connectivity index (χ1) is 10.0. The van der Waals surface area contributed by atoms with E-state index in [0.29, 0.717) is 16.7 Å². The van der Waals surface area contributed by atoms with E-state index in [-0.39, 0.29) is 23.5 Å². The number of pyridine rings is 1. The van der Waals surface area contributed by atoms with Crippen molar-refractivity contribution >= 4 is 5.91 Å². The van der Waals surface area contributed by atoms with E-state index in [1.165, 1.54) is 24.4 Å². The number of rotatable bonds is 3. The molecule has 1 atom stereocenters. The minimum absolute atomic E-state index is 0.216. The molecule has 0 bridgehead atoms. The fourth-order valence-corrected chi connectivity index (χ4v) is 1.83. The summed E-state index contributed by atoms with van der Waals surface area (Å²) in [5.41, 5.74) is 1.85.